The Kier molecular flexibility index (Phi) is 5.22. The molecule has 2 aromatic heterocycles. The van der Waals surface area contributed by atoms with Crippen molar-refractivity contribution in [1.29, 1.82) is 0 Å². The Morgan fingerprint density at radius 2 is 2.21 bits per heavy atom. The molecule has 0 aliphatic heterocycles. The molecule has 4 heteroatoms. The van der Waals surface area contributed by atoms with E-state index in [-0.39, 0.29) is 6.61 Å². The molecule has 0 aliphatic rings. The Labute approximate surface area is 117 Å². The summed E-state index contributed by atoms with van der Waals surface area (Å²) in [6.07, 6.45) is 2.23. The molecule has 0 amide bonds. The van der Waals surface area contributed by atoms with Gasteiger partial charge in [-0.15, -0.1) is 11.3 Å². The summed E-state index contributed by atoms with van der Waals surface area (Å²) in [6, 6.07) is 8.03. The van der Waals surface area contributed by atoms with Gasteiger partial charge in [-0.25, -0.2) is 0 Å². The summed E-state index contributed by atoms with van der Waals surface area (Å²) in [4.78, 5) is 4.53. The van der Waals surface area contributed by atoms with E-state index in [2.05, 4.69) is 29.9 Å². The molecule has 0 atom stereocenters. The molecule has 1 N–H and O–H groups in total. The Morgan fingerprint density at radius 3 is 2.95 bits per heavy atom. The highest BCUT2D eigenvalue weighted by Crippen LogP contribution is 2.18. The highest BCUT2D eigenvalue weighted by molar-refractivity contribution is 7.12. The van der Waals surface area contributed by atoms with Crippen molar-refractivity contribution in [2.24, 2.45) is 0 Å². The molecular weight excluding hydrogens is 258 g/mol. The SMILES string of the molecule is CN(Cc1ccco1)Cc1ccc(C#CCCO)s1. The van der Waals surface area contributed by atoms with Crippen LogP contribution in [0.3, 0.4) is 0 Å². The predicted octanol–water partition coefficient (Wildman–Crippen LogP) is 2.71. The monoisotopic (exact) mass is 275 g/mol. The first-order valence-electron chi connectivity index (χ1n) is 6.17. The van der Waals surface area contributed by atoms with E-state index in [1.807, 2.05) is 18.2 Å². The number of thiophene rings is 1. The van der Waals surface area contributed by atoms with Crippen LogP contribution >= 0.6 is 11.3 Å². The number of rotatable bonds is 5. The minimum Gasteiger partial charge on any atom is -0.468 e. The van der Waals surface area contributed by atoms with Crippen LogP contribution in [0.5, 0.6) is 0 Å². The third-order valence-corrected chi connectivity index (χ3v) is 3.53. The number of hydrogen-bond donors (Lipinski definition) is 1. The summed E-state index contributed by atoms with van der Waals surface area (Å²) in [5, 5.41) is 8.68. The van der Waals surface area contributed by atoms with Crippen molar-refractivity contribution in [3.63, 3.8) is 0 Å². The van der Waals surface area contributed by atoms with E-state index in [0.29, 0.717) is 6.42 Å². The second-order valence-electron chi connectivity index (χ2n) is 4.29. The standard InChI is InChI=1S/C15H17NO2S/c1-16(11-13-5-4-10-18-13)12-15-8-7-14(19-15)6-2-3-9-17/h4-5,7-8,10,17H,3,9,11-12H2,1H3. The fourth-order valence-electron chi connectivity index (χ4n) is 1.73. The Balaban J connectivity index is 1.87. The summed E-state index contributed by atoms with van der Waals surface area (Å²) in [5.74, 6) is 6.97. The summed E-state index contributed by atoms with van der Waals surface area (Å²) < 4.78 is 5.33. The quantitative estimate of drug-likeness (QED) is 0.852. The molecule has 2 aromatic rings. The lowest BCUT2D eigenvalue weighted by Gasteiger charge is -2.13. The van der Waals surface area contributed by atoms with Crippen LogP contribution in [0.25, 0.3) is 0 Å². The zero-order valence-electron chi connectivity index (χ0n) is 10.9. The molecule has 0 aliphatic carbocycles. The summed E-state index contributed by atoms with van der Waals surface area (Å²) >= 11 is 1.70. The molecule has 0 saturated carbocycles. The number of nitrogens with zero attached hydrogens (tertiary/aromatic N) is 1. The van der Waals surface area contributed by atoms with Gasteiger partial charge in [-0.3, -0.25) is 4.90 Å². The highest BCUT2D eigenvalue weighted by Gasteiger charge is 2.05. The maximum absolute atomic E-state index is 8.68. The van der Waals surface area contributed by atoms with Crippen molar-refractivity contribution >= 4 is 11.3 Å². The van der Waals surface area contributed by atoms with Gasteiger partial charge in [0.05, 0.1) is 24.3 Å². The smallest absolute Gasteiger partial charge is 0.117 e. The number of aliphatic hydroxyl groups excluding tert-OH is 1. The third-order valence-electron chi connectivity index (χ3n) is 2.54. The van der Waals surface area contributed by atoms with Crippen molar-refractivity contribution in [2.75, 3.05) is 13.7 Å². The van der Waals surface area contributed by atoms with E-state index >= 15 is 0 Å². The van der Waals surface area contributed by atoms with Crippen LogP contribution < -0.4 is 0 Å². The molecule has 0 aromatic carbocycles. The normalized spacial score (nSPS) is 10.5. The van der Waals surface area contributed by atoms with Crippen LogP contribution in [0, 0.1) is 11.8 Å². The Morgan fingerprint density at radius 1 is 1.32 bits per heavy atom. The van der Waals surface area contributed by atoms with Gasteiger partial charge in [-0.1, -0.05) is 11.8 Å². The average molecular weight is 275 g/mol. The fraction of sp³-hybridized carbons (Fsp3) is 0.333. The van der Waals surface area contributed by atoms with E-state index in [0.717, 1.165) is 23.7 Å². The lowest BCUT2D eigenvalue weighted by Crippen LogP contribution is -2.15. The molecule has 3 nitrogen and oxygen atoms in total. The molecule has 0 spiro atoms. The van der Waals surface area contributed by atoms with Gasteiger partial charge in [0.2, 0.25) is 0 Å². The Hall–Kier alpha value is -1.54. The van der Waals surface area contributed by atoms with Crippen molar-refractivity contribution < 1.29 is 9.52 Å². The van der Waals surface area contributed by atoms with E-state index < -0.39 is 0 Å². The minimum atomic E-state index is 0.122. The third kappa shape index (κ3) is 4.56. The van der Waals surface area contributed by atoms with Crippen molar-refractivity contribution in [1.82, 2.24) is 4.90 Å². The molecule has 0 saturated heterocycles. The summed E-state index contributed by atoms with van der Waals surface area (Å²) in [7, 11) is 2.07. The molecule has 0 bridgehead atoms. The van der Waals surface area contributed by atoms with Crippen LogP contribution in [-0.4, -0.2) is 23.7 Å². The number of furan rings is 1. The second-order valence-corrected chi connectivity index (χ2v) is 5.46. The van der Waals surface area contributed by atoms with Gasteiger partial charge in [0.1, 0.15) is 5.76 Å². The topological polar surface area (TPSA) is 36.6 Å². The van der Waals surface area contributed by atoms with Crippen molar-refractivity contribution in [3.8, 4) is 11.8 Å². The van der Waals surface area contributed by atoms with Crippen molar-refractivity contribution in [2.45, 2.75) is 19.5 Å². The van der Waals surface area contributed by atoms with Gasteiger partial charge >= 0.3 is 0 Å². The first-order valence-corrected chi connectivity index (χ1v) is 6.99. The zero-order valence-corrected chi connectivity index (χ0v) is 11.7. The van der Waals surface area contributed by atoms with Crippen LogP contribution in [0.2, 0.25) is 0 Å². The van der Waals surface area contributed by atoms with Crippen LogP contribution in [-0.2, 0) is 13.1 Å². The van der Waals surface area contributed by atoms with Crippen LogP contribution in [0.4, 0.5) is 0 Å². The second kappa shape index (κ2) is 7.15. The van der Waals surface area contributed by atoms with Gasteiger partial charge in [-0.2, -0.15) is 0 Å². The maximum Gasteiger partial charge on any atom is 0.117 e. The molecule has 2 heterocycles. The Bertz CT molecular complexity index is 548. The van der Waals surface area contributed by atoms with E-state index in [1.165, 1.54) is 4.88 Å². The van der Waals surface area contributed by atoms with E-state index in [4.69, 9.17) is 9.52 Å². The summed E-state index contributed by atoms with van der Waals surface area (Å²) in [5.41, 5.74) is 0. The van der Waals surface area contributed by atoms with Crippen LogP contribution in [0.1, 0.15) is 21.9 Å². The van der Waals surface area contributed by atoms with Gasteiger partial charge < -0.3 is 9.52 Å². The molecular formula is C15H17NO2S. The molecule has 0 fully saturated rings. The average Bonchev–Trinajstić information content (AvgIpc) is 3.02. The largest absolute Gasteiger partial charge is 0.468 e. The lowest BCUT2D eigenvalue weighted by atomic mass is 10.3. The minimum absolute atomic E-state index is 0.122. The zero-order chi connectivity index (χ0) is 13.5. The van der Waals surface area contributed by atoms with Gasteiger partial charge in [0, 0.05) is 17.8 Å². The predicted molar refractivity (Wildman–Crippen MR) is 76.8 cm³/mol. The van der Waals surface area contributed by atoms with Gasteiger partial charge in [0.25, 0.3) is 0 Å². The van der Waals surface area contributed by atoms with E-state index in [1.54, 1.807) is 17.6 Å². The first-order chi connectivity index (χ1) is 9.28. The van der Waals surface area contributed by atoms with Gasteiger partial charge in [0.15, 0.2) is 0 Å². The highest BCUT2D eigenvalue weighted by atomic mass is 32.1. The molecule has 2 rings (SSSR count). The maximum atomic E-state index is 8.68. The van der Waals surface area contributed by atoms with E-state index in [9.17, 15) is 0 Å². The van der Waals surface area contributed by atoms with Crippen molar-refractivity contribution in [3.05, 3.63) is 46.0 Å². The van der Waals surface area contributed by atoms with Crippen LogP contribution in [0.15, 0.2) is 34.9 Å². The molecule has 0 unspecified atom stereocenters. The fourth-order valence-corrected chi connectivity index (χ4v) is 2.69. The molecule has 19 heavy (non-hydrogen) atoms. The first kappa shape index (κ1) is 13.9. The molecule has 100 valence electrons. The molecule has 0 radical (unpaired) electrons. The lowest BCUT2D eigenvalue weighted by molar-refractivity contribution is 0.290. The summed E-state index contributed by atoms with van der Waals surface area (Å²) in [6.45, 7) is 1.81. The van der Waals surface area contributed by atoms with Gasteiger partial charge in [-0.05, 0) is 31.3 Å². The number of aliphatic hydroxyl groups is 1. The number of hydrogen-bond acceptors (Lipinski definition) is 4.